The number of rotatable bonds is 0. The van der Waals surface area contributed by atoms with Gasteiger partial charge in [-0.1, -0.05) is 0 Å². The molecule has 0 amide bonds. The lowest BCUT2D eigenvalue weighted by Crippen LogP contribution is -1.75. The summed E-state index contributed by atoms with van der Waals surface area (Å²) in [6, 6.07) is 0. The molecular formula is C3H11NOSi. The highest BCUT2D eigenvalue weighted by molar-refractivity contribution is 6.02. The summed E-state index contributed by atoms with van der Waals surface area (Å²) >= 11 is 0. The van der Waals surface area contributed by atoms with E-state index in [1.165, 1.54) is 13.8 Å². The van der Waals surface area contributed by atoms with Crippen LogP contribution in [0.15, 0.2) is 0 Å². The van der Waals surface area contributed by atoms with Crippen molar-refractivity contribution in [3.8, 4) is 0 Å². The maximum atomic E-state index is 9.44. The molecule has 0 spiro atoms. The number of ketones is 1. The van der Waals surface area contributed by atoms with Crippen molar-refractivity contribution in [1.29, 1.82) is 0 Å². The summed E-state index contributed by atoms with van der Waals surface area (Å²) in [6.07, 6.45) is 0. The molecule has 0 aliphatic carbocycles. The fourth-order valence-electron chi connectivity index (χ4n) is 0. The van der Waals surface area contributed by atoms with Crippen LogP contribution in [-0.4, -0.2) is 16.2 Å². The highest BCUT2D eigenvalue weighted by Crippen LogP contribution is 1.50. The van der Waals surface area contributed by atoms with Crippen LogP contribution in [0.5, 0.6) is 0 Å². The van der Waals surface area contributed by atoms with Crippen LogP contribution >= 0.6 is 0 Å². The van der Waals surface area contributed by atoms with E-state index < -0.39 is 0 Å². The standard InChI is InChI=1S/C3H6O.H5NSi/c1-3(2)4;1-2/h1-2H3;1H2,2H3. The van der Waals surface area contributed by atoms with Crippen molar-refractivity contribution in [2.24, 2.45) is 5.40 Å². The van der Waals surface area contributed by atoms with E-state index in [-0.39, 0.29) is 5.78 Å². The second-order valence-corrected chi connectivity index (χ2v) is 0.908. The van der Waals surface area contributed by atoms with Crippen molar-refractivity contribution in [3.05, 3.63) is 0 Å². The molecule has 0 saturated carbocycles. The second kappa shape index (κ2) is 8.85. The Hall–Kier alpha value is -0.153. The van der Waals surface area contributed by atoms with Crippen LogP contribution in [0.25, 0.3) is 0 Å². The molecule has 2 nitrogen and oxygen atoms in total. The quantitative estimate of drug-likeness (QED) is 0.394. The van der Waals surface area contributed by atoms with Crippen molar-refractivity contribution in [2.45, 2.75) is 13.8 Å². The predicted molar refractivity (Wildman–Crippen MR) is 30.5 cm³/mol. The molecule has 6 heavy (non-hydrogen) atoms. The first-order valence-electron chi connectivity index (χ1n) is 1.78. The first kappa shape index (κ1) is 9.28. The van der Waals surface area contributed by atoms with Gasteiger partial charge < -0.3 is 10.2 Å². The first-order chi connectivity index (χ1) is 2.73. The van der Waals surface area contributed by atoms with Gasteiger partial charge in [0.25, 0.3) is 0 Å². The SMILES string of the molecule is CC(C)=O.N[SiH3]. The van der Waals surface area contributed by atoms with E-state index in [0.29, 0.717) is 0 Å². The minimum atomic E-state index is 0.167. The molecule has 2 N–H and O–H groups in total. The van der Waals surface area contributed by atoms with E-state index in [0.717, 1.165) is 10.4 Å². The Morgan fingerprint density at radius 3 is 1.50 bits per heavy atom. The van der Waals surface area contributed by atoms with Crippen molar-refractivity contribution in [2.75, 3.05) is 0 Å². The van der Waals surface area contributed by atoms with Gasteiger partial charge >= 0.3 is 0 Å². The zero-order valence-electron chi connectivity index (χ0n) is 4.49. The molecule has 0 rings (SSSR count). The van der Waals surface area contributed by atoms with Gasteiger partial charge in [0.05, 0.1) is 10.4 Å². The van der Waals surface area contributed by atoms with E-state index in [9.17, 15) is 4.79 Å². The van der Waals surface area contributed by atoms with Crippen LogP contribution in [0.3, 0.4) is 0 Å². The first-order valence-corrected chi connectivity index (χ1v) is 2.94. The second-order valence-electron chi connectivity index (χ2n) is 0.908. The summed E-state index contributed by atoms with van der Waals surface area (Å²) < 4.78 is 0. The molecule has 0 aliphatic rings. The molecule has 0 fully saturated rings. The average Bonchev–Trinajstić information content (AvgIpc) is 1.41. The van der Waals surface area contributed by atoms with E-state index in [2.05, 4.69) is 5.40 Å². The average molecular weight is 105 g/mol. The van der Waals surface area contributed by atoms with Gasteiger partial charge in [0, 0.05) is 0 Å². The molecule has 0 heterocycles. The number of hydrogen-bond donors (Lipinski definition) is 1. The van der Waals surface area contributed by atoms with E-state index in [4.69, 9.17) is 0 Å². The summed E-state index contributed by atoms with van der Waals surface area (Å²) in [4.78, 5) is 9.44. The number of Topliss-reactive ketones (excluding diaryl/α,β-unsaturated/α-hetero) is 1. The lowest BCUT2D eigenvalue weighted by molar-refractivity contribution is -0.114. The molecule has 0 aromatic heterocycles. The van der Waals surface area contributed by atoms with Gasteiger partial charge in [-0.25, -0.2) is 0 Å². The third-order valence-corrected chi connectivity index (χ3v) is 0. The Kier molecular flexibility index (Phi) is 13.7. The van der Waals surface area contributed by atoms with Gasteiger partial charge in [0.1, 0.15) is 5.78 Å². The van der Waals surface area contributed by atoms with Gasteiger partial charge in [-0.2, -0.15) is 0 Å². The number of hydrogen-bond acceptors (Lipinski definition) is 2. The number of carbonyl (C=O) groups excluding carboxylic acids is 1. The molecule has 0 bridgehead atoms. The molecule has 0 radical (unpaired) electrons. The molecule has 38 valence electrons. The van der Waals surface area contributed by atoms with Crippen LogP contribution in [0, 0.1) is 0 Å². The maximum Gasteiger partial charge on any atom is 0.126 e. The van der Waals surface area contributed by atoms with Gasteiger partial charge in [-0.05, 0) is 13.8 Å². The Morgan fingerprint density at radius 2 is 1.50 bits per heavy atom. The fraction of sp³-hybridized carbons (Fsp3) is 0.667. The number of carbonyl (C=O) groups is 1. The third-order valence-electron chi connectivity index (χ3n) is 0. The largest absolute Gasteiger partial charge is 0.358 e. The van der Waals surface area contributed by atoms with Crippen LogP contribution in [-0.2, 0) is 4.79 Å². The summed E-state index contributed by atoms with van der Waals surface area (Å²) in [5.41, 5.74) is 0. The Morgan fingerprint density at radius 1 is 1.50 bits per heavy atom. The monoisotopic (exact) mass is 105 g/mol. The van der Waals surface area contributed by atoms with Gasteiger partial charge in [-0.15, -0.1) is 0 Å². The van der Waals surface area contributed by atoms with E-state index in [1.54, 1.807) is 0 Å². The zero-order valence-corrected chi connectivity index (χ0v) is 6.49. The van der Waals surface area contributed by atoms with Crippen LogP contribution < -0.4 is 5.40 Å². The molecule has 0 atom stereocenters. The minimum Gasteiger partial charge on any atom is -0.358 e. The van der Waals surface area contributed by atoms with Crippen LogP contribution in [0.4, 0.5) is 0 Å². The highest BCUT2D eigenvalue weighted by atomic mass is 28.2. The van der Waals surface area contributed by atoms with Crippen molar-refractivity contribution >= 4 is 16.2 Å². The van der Waals surface area contributed by atoms with Crippen LogP contribution in [0.2, 0.25) is 0 Å². The minimum absolute atomic E-state index is 0.167. The summed E-state index contributed by atoms with van der Waals surface area (Å²) in [5, 5.41) is 4.64. The van der Waals surface area contributed by atoms with Crippen molar-refractivity contribution < 1.29 is 4.79 Å². The normalized spacial score (nSPS) is 5.83. The molecule has 0 aliphatic heterocycles. The van der Waals surface area contributed by atoms with E-state index >= 15 is 0 Å². The summed E-state index contributed by atoms with van der Waals surface area (Å²) in [5.74, 6) is 0.167. The molecule has 0 unspecified atom stereocenters. The van der Waals surface area contributed by atoms with Crippen molar-refractivity contribution in [1.82, 2.24) is 0 Å². The van der Waals surface area contributed by atoms with Gasteiger partial charge in [0.15, 0.2) is 0 Å². The summed E-state index contributed by atoms with van der Waals surface area (Å²) in [6.45, 7) is 3.06. The van der Waals surface area contributed by atoms with Crippen LogP contribution in [0.1, 0.15) is 13.8 Å². The zero-order chi connectivity index (χ0) is 5.58. The van der Waals surface area contributed by atoms with E-state index in [1.807, 2.05) is 0 Å². The Bertz CT molecular complexity index is 33.8. The van der Waals surface area contributed by atoms with Gasteiger partial charge in [-0.3, -0.25) is 0 Å². The Labute approximate surface area is 41.2 Å². The topological polar surface area (TPSA) is 43.1 Å². The third kappa shape index (κ3) is 1330. The fourth-order valence-corrected chi connectivity index (χ4v) is 0. The maximum absolute atomic E-state index is 9.44. The van der Waals surface area contributed by atoms with Gasteiger partial charge in [0.2, 0.25) is 0 Å². The highest BCUT2D eigenvalue weighted by Gasteiger charge is 1.62. The predicted octanol–water partition coefficient (Wildman–Crippen LogP) is -1.18. The number of nitrogens with two attached hydrogens (primary N) is 1. The molecule has 0 aromatic rings. The molecule has 0 saturated heterocycles. The lowest BCUT2D eigenvalue weighted by atomic mass is 10.6. The molecule has 3 heteroatoms. The smallest absolute Gasteiger partial charge is 0.126 e. The summed E-state index contributed by atoms with van der Waals surface area (Å²) in [7, 11) is 0.806. The molecule has 0 aromatic carbocycles. The molecular weight excluding hydrogens is 94.1 g/mol. The van der Waals surface area contributed by atoms with Crippen molar-refractivity contribution in [3.63, 3.8) is 0 Å². The Balaban J connectivity index is 0. The lowest BCUT2D eigenvalue weighted by Gasteiger charge is -1.56.